The lowest BCUT2D eigenvalue weighted by Crippen LogP contribution is -2.32. The van der Waals surface area contributed by atoms with Crippen LogP contribution >= 0.6 is 12.4 Å². The van der Waals surface area contributed by atoms with Gasteiger partial charge in [-0.15, -0.1) is 12.4 Å². The predicted molar refractivity (Wildman–Crippen MR) is 80.3 cm³/mol. The molecule has 1 rings (SSSR count). The van der Waals surface area contributed by atoms with Gasteiger partial charge in [-0.1, -0.05) is 31.5 Å². The largest absolute Gasteiger partial charge is 0.399 e. The molecule has 0 aliphatic rings. The van der Waals surface area contributed by atoms with Crippen LogP contribution in [0.3, 0.4) is 0 Å². The molecule has 1 atom stereocenters. The number of carbonyl (C=O) groups is 1. The molecule has 1 unspecified atom stereocenters. The van der Waals surface area contributed by atoms with Crippen molar-refractivity contribution in [2.75, 3.05) is 12.3 Å². The van der Waals surface area contributed by atoms with Crippen LogP contribution in [0.2, 0.25) is 0 Å². The zero-order valence-electron chi connectivity index (χ0n) is 11.3. The number of carbonyl (C=O) groups excluding carboxylic acids is 1. The summed E-state index contributed by atoms with van der Waals surface area (Å²) in [6.45, 7) is 2.33. The maximum Gasteiger partial charge on any atom is 0.220 e. The SMILES string of the molecule is CCCC(O)CNC(=O)CCc1ccccc1N.Cl. The molecule has 0 bridgehead atoms. The van der Waals surface area contributed by atoms with Gasteiger partial charge in [0.15, 0.2) is 0 Å². The average Bonchev–Trinajstić information content (AvgIpc) is 2.36. The van der Waals surface area contributed by atoms with E-state index in [0.717, 1.165) is 17.7 Å². The molecule has 4 N–H and O–H groups in total. The lowest BCUT2D eigenvalue weighted by molar-refractivity contribution is -0.121. The van der Waals surface area contributed by atoms with E-state index < -0.39 is 6.10 Å². The Labute approximate surface area is 120 Å². The van der Waals surface area contributed by atoms with Gasteiger partial charge >= 0.3 is 0 Å². The van der Waals surface area contributed by atoms with Crippen molar-refractivity contribution >= 4 is 24.0 Å². The zero-order chi connectivity index (χ0) is 13.4. The Hall–Kier alpha value is -1.26. The fourth-order valence-electron chi connectivity index (χ4n) is 1.77. The molecular formula is C14H23ClN2O2. The molecule has 0 spiro atoms. The van der Waals surface area contributed by atoms with Gasteiger partial charge in [-0.25, -0.2) is 0 Å². The summed E-state index contributed by atoms with van der Waals surface area (Å²) in [6.07, 6.45) is 2.21. The molecule has 0 radical (unpaired) electrons. The van der Waals surface area contributed by atoms with E-state index in [-0.39, 0.29) is 18.3 Å². The zero-order valence-corrected chi connectivity index (χ0v) is 12.1. The first-order valence-corrected chi connectivity index (χ1v) is 6.41. The first-order valence-electron chi connectivity index (χ1n) is 6.41. The number of benzene rings is 1. The monoisotopic (exact) mass is 286 g/mol. The van der Waals surface area contributed by atoms with Gasteiger partial charge in [0.25, 0.3) is 0 Å². The van der Waals surface area contributed by atoms with E-state index in [1.165, 1.54) is 0 Å². The number of nitrogens with one attached hydrogen (secondary N) is 1. The number of aliphatic hydroxyl groups excluding tert-OH is 1. The van der Waals surface area contributed by atoms with Gasteiger partial charge in [0.05, 0.1) is 6.10 Å². The normalized spacial score (nSPS) is 11.5. The van der Waals surface area contributed by atoms with Gasteiger partial charge in [-0.3, -0.25) is 4.79 Å². The molecule has 0 saturated carbocycles. The number of para-hydroxylation sites is 1. The number of nitrogen functional groups attached to an aromatic ring is 1. The van der Waals surface area contributed by atoms with Gasteiger partial charge in [-0.2, -0.15) is 0 Å². The molecule has 1 amide bonds. The highest BCUT2D eigenvalue weighted by Crippen LogP contribution is 2.12. The van der Waals surface area contributed by atoms with Gasteiger partial charge in [0.1, 0.15) is 0 Å². The van der Waals surface area contributed by atoms with E-state index in [4.69, 9.17) is 5.73 Å². The van der Waals surface area contributed by atoms with E-state index in [0.29, 0.717) is 25.8 Å². The van der Waals surface area contributed by atoms with Crippen LogP contribution < -0.4 is 11.1 Å². The first-order chi connectivity index (χ1) is 8.63. The number of aliphatic hydroxyl groups is 1. The highest BCUT2D eigenvalue weighted by atomic mass is 35.5. The molecule has 0 aliphatic carbocycles. The Morgan fingerprint density at radius 2 is 2.11 bits per heavy atom. The maximum absolute atomic E-state index is 11.6. The summed E-state index contributed by atoms with van der Waals surface area (Å²) in [5.41, 5.74) is 7.50. The second kappa shape index (κ2) is 9.64. The van der Waals surface area contributed by atoms with Crippen LogP contribution in [-0.2, 0) is 11.2 Å². The van der Waals surface area contributed by atoms with E-state index in [2.05, 4.69) is 5.32 Å². The van der Waals surface area contributed by atoms with Gasteiger partial charge in [-0.05, 0) is 24.5 Å². The summed E-state index contributed by atoms with van der Waals surface area (Å²) >= 11 is 0. The second-order valence-electron chi connectivity index (χ2n) is 4.45. The maximum atomic E-state index is 11.6. The van der Waals surface area contributed by atoms with Crippen molar-refractivity contribution in [3.05, 3.63) is 29.8 Å². The Morgan fingerprint density at radius 3 is 2.74 bits per heavy atom. The topological polar surface area (TPSA) is 75.3 Å². The number of rotatable bonds is 7. The molecule has 0 aromatic heterocycles. The van der Waals surface area contributed by atoms with Crippen molar-refractivity contribution in [1.82, 2.24) is 5.32 Å². The Bertz CT molecular complexity index is 385. The summed E-state index contributed by atoms with van der Waals surface area (Å²) in [5.74, 6) is -0.0478. The van der Waals surface area contributed by atoms with Gasteiger partial charge in [0, 0.05) is 18.7 Å². The Morgan fingerprint density at radius 1 is 1.42 bits per heavy atom. The lowest BCUT2D eigenvalue weighted by atomic mass is 10.1. The molecule has 4 nitrogen and oxygen atoms in total. The molecule has 1 aromatic carbocycles. The van der Waals surface area contributed by atoms with Crippen molar-refractivity contribution in [2.45, 2.75) is 38.7 Å². The number of halogens is 1. The summed E-state index contributed by atoms with van der Waals surface area (Å²) in [6, 6.07) is 7.54. The molecule has 5 heteroatoms. The molecule has 108 valence electrons. The number of hydrogen-bond acceptors (Lipinski definition) is 3. The molecule has 0 heterocycles. The third kappa shape index (κ3) is 7.03. The number of amides is 1. The van der Waals surface area contributed by atoms with Crippen molar-refractivity contribution < 1.29 is 9.90 Å². The summed E-state index contributed by atoms with van der Waals surface area (Å²) < 4.78 is 0. The number of aryl methyl sites for hydroxylation is 1. The average molecular weight is 287 g/mol. The number of hydrogen-bond donors (Lipinski definition) is 3. The second-order valence-corrected chi connectivity index (χ2v) is 4.45. The van der Waals surface area contributed by atoms with Crippen LogP contribution in [0, 0.1) is 0 Å². The van der Waals surface area contributed by atoms with Crippen molar-refractivity contribution in [1.29, 1.82) is 0 Å². The van der Waals surface area contributed by atoms with Crippen LogP contribution in [0.25, 0.3) is 0 Å². The van der Waals surface area contributed by atoms with Crippen molar-refractivity contribution in [3.63, 3.8) is 0 Å². The van der Waals surface area contributed by atoms with E-state index >= 15 is 0 Å². The fraction of sp³-hybridized carbons (Fsp3) is 0.500. The van der Waals surface area contributed by atoms with E-state index in [1.54, 1.807) is 0 Å². The Balaban J connectivity index is 0.00000324. The molecule has 0 aliphatic heterocycles. The highest BCUT2D eigenvalue weighted by molar-refractivity contribution is 5.85. The smallest absolute Gasteiger partial charge is 0.220 e. The van der Waals surface area contributed by atoms with Crippen LogP contribution in [-0.4, -0.2) is 23.7 Å². The van der Waals surface area contributed by atoms with Crippen LogP contribution in [0.1, 0.15) is 31.7 Å². The van der Waals surface area contributed by atoms with Crippen LogP contribution in [0.5, 0.6) is 0 Å². The van der Waals surface area contributed by atoms with Crippen molar-refractivity contribution in [3.8, 4) is 0 Å². The third-order valence-corrected chi connectivity index (χ3v) is 2.83. The molecule has 0 saturated heterocycles. The number of nitrogens with two attached hydrogens (primary N) is 1. The molecule has 19 heavy (non-hydrogen) atoms. The van der Waals surface area contributed by atoms with E-state index in [9.17, 15) is 9.90 Å². The molecular weight excluding hydrogens is 264 g/mol. The van der Waals surface area contributed by atoms with Crippen molar-refractivity contribution in [2.24, 2.45) is 0 Å². The quantitative estimate of drug-likeness (QED) is 0.670. The van der Waals surface area contributed by atoms with Crippen LogP contribution in [0.4, 0.5) is 5.69 Å². The minimum atomic E-state index is -0.444. The van der Waals surface area contributed by atoms with Gasteiger partial charge in [0.2, 0.25) is 5.91 Å². The van der Waals surface area contributed by atoms with Crippen LogP contribution in [0.15, 0.2) is 24.3 Å². The molecule has 1 aromatic rings. The van der Waals surface area contributed by atoms with Gasteiger partial charge < -0.3 is 16.2 Å². The minimum absolute atomic E-state index is 0. The minimum Gasteiger partial charge on any atom is -0.399 e. The van der Waals surface area contributed by atoms with E-state index in [1.807, 2.05) is 31.2 Å². The Kier molecular flexibility index (Phi) is 9.00. The summed E-state index contributed by atoms with van der Waals surface area (Å²) in [4.78, 5) is 11.6. The number of anilines is 1. The first kappa shape index (κ1) is 17.7. The fourth-order valence-corrected chi connectivity index (χ4v) is 1.77. The predicted octanol–water partition coefficient (Wildman–Crippen LogP) is 1.90. The lowest BCUT2D eigenvalue weighted by Gasteiger charge is -2.11. The highest BCUT2D eigenvalue weighted by Gasteiger charge is 2.07. The summed E-state index contributed by atoms with van der Waals surface area (Å²) in [7, 11) is 0. The summed E-state index contributed by atoms with van der Waals surface area (Å²) in [5, 5.41) is 12.2. The molecule has 0 fully saturated rings. The third-order valence-electron chi connectivity index (χ3n) is 2.83. The standard InChI is InChI=1S/C14H22N2O2.ClH/c1-2-5-12(17)10-16-14(18)9-8-11-6-3-4-7-13(11)15;/h3-4,6-7,12,17H,2,5,8-10,15H2,1H3,(H,16,18);1H.